The maximum atomic E-state index is 14.1. The average molecular weight is 414 g/mol. The van der Waals surface area contributed by atoms with Crippen LogP contribution in [0.15, 0.2) is 41.3 Å². The second-order valence-corrected chi connectivity index (χ2v) is 7.01. The standard InChI is InChI=1S/C20H19F5N2O2/c21-16-8-3-9-17(22)14(16)11-27(13-5-1-2-6-13)18(28)12-26-10-4-7-15(19(26)29)20(23,24)25/h3-4,7-10,13H,1-2,5-6,11-12H2. The first-order valence-corrected chi connectivity index (χ1v) is 9.17. The highest BCUT2D eigenvalue weighted by Gasteiger charge is 2.35. The monoisotopic (exact) mass is 414 g/mol. The lowest BCUT2D eigenvalue weighted by Crippen LogP contribution is -2.42. The van der Waals surface area contributed by atoms with Gasteiger partial charge >= 0.3 is 6.18 Å². The van der Waals surface area contributed by atoms with Gasteiger partial charge in [0.2, 0.25) is 5.91 Å². The van der Waals surface area contributed by atoms with Crippen molar-refractivity contribution >= 4 is 5.91 Å². The van der Waals surface area contributed by atoms with E-state index in [0.29, 0.717) is 23.5 Å². The number of pyridine rings is 1. The predicted molar refractivity (Wildman–Crippen MR) is 94.9 cm³/mol. The summed E-state index contributed by atoms with van der Waals surface area (Å²) < 4.78 is 67.7. The molecule has 1 heterocycles. The molecule has 1 aliphatic carbocycles. The van der Waals surface area contributed by atoms with Gasteiger partial charge in [-0.1, -0.05) is 18.9 Å². The van der Waals surface area contributed by atoms with E-state index in [1.165, 1.54) is 11.0 Å². The van der Waals surface area contributed by atoms with Crippen LogP contribution in [0.2, 0.25) is 0 Å². The van der Waals surface area contributed by atoms with Crippen LogP contribution < -0.4 is 5.56 Å². The number of nitrogens with zero attached hydrogens (tertiary/aromatic N) is 2. The van der Waals surface area contributed by atoms with Crippen LogP contribution in [0.3, 0.4) is 0 Å². The zero-order chi connectivity index (χ0) is 21.2. The Labute approximate surface area is 163 Å². The number of alkyl halides is 3. The second-order valence-electron chi connectivity index (χ2n) is 7.01. The summed E-state index contributed by atoms with van der Waals surface area (Å²) in [6, 6.07) is 4.75. The first kappa shape index (κ1) is 21.0. The van der Waals surface area contributed by atoms with Crippen LogP contribution in [0.25, 0.3) is 0 Å². The lowest BCUT2D eigenvalue weighted by molar-refractivity contribution is -0.140. The molecule has 1 amide bonds. The van der Waals surface area contributed by atoms with Crippen LogP contribution in [0, 0.1) is 11.6 Å². The molecule has 1 aromatic carbocycles. The summed E-state index contributed by atoms with van der Waals surface area (Å²) >= 11 is 0. The second kappa shape index (κ2) is 8.34. The maximum absolute atomic E-state index is 14.1. The zero-order valence-corrected chi connectivity index (χ0v) is 15.4. The Balaban J connectivity index is 1.89. The Morgan fingerprint density at radius 1 is 1.07 bits per heavy atom. The number of benzene rings is 1. The van der Waals surface area contributed by atoms with E-state index in [9.17, 15) is 31.5 Å². The molecule has 4 nitrogen and oxygen atoms in total. The van der Waals surface area contributed by atoms with Gasteiger partial charge in [-0.15, -0.1) is 0 Å². The van der Waals surface area contributed by atoms with E-state index in [1.54, 1.807) is 0 Å². The summed E-state index contributed by atoms with van der Waals surface area (Å²) in [4.78, 5) is 26.3. The van der Waals surface area contributed by atoms with Crippen molar-refractivity contribution in [3.8, 4) is 0 Å². The fourth-order valence-corrected chi connectivity index (χ4v) is 3.60. The van der Waals surface area contributed by atoms with E-state index in [1.807, 2.05) is 0 Å². The molecule has 1 saturated carbocycles. The topological polar surface area (TPSA) is 42.3 Å². The van der Waals surface area contributed by atoms with Crippen LogP contribution in [0.4, 0.5) is 22.0 Å². The van der Waals surface area contributed by atoms with Gasteiger partial charge < -0.3 is 9.47 Å². The van der Waals surface area contributed by atoms with Crippen molar-refractivity contribution in [2.24, 2.45) is 0 Å². The molecule has 1 aliphatic rings. The molecule has 0 N–H and O–H groups in total. The maximum Gasteiger partial charge on any atom is 0.421 e. The fourth-order valence-electron chi connectivity index (χ4n) is 3.60. The number of amides is 1. The lowest BCUT2D eigenvalue weighted by Gasteiger charge is -2.30. The molecule has 0 radical (unpaired) electrons. The molecule has 1 aromatic heterocycles. The summed E-state index contributed by atoms with van der Waals surface area (Å²) in [7, 11) is 0. The molecule has 0 saturated heterocycles. The zero-order valence-electron chi connectivity index (χ0n) is 15.4. The molecule has 156 valence electrons. The Bertz CT molecular complexity index is 928. The van der Waals surface area contributed by atoms with Crippen molar-refractivity contribution in [3.05, 3.63) is 69.6 Å². The van der Waals surface area contributed by atoms with E-state index in [-0.39, 0.29) is 18.2 Å². The van der Waals surface area contributed by atoms with Gasteiger partial charge in [0.25, 0.3) is 5.56 Å². The van der Waals surface area contributed by atoms with E-state index < -0.39 is 41.4 Å². The number of rotatable bonds is 5. The molecule has 0 spiro atoms. The Hall–Kier alpha value is -2.71. The quantitative estimate of drug-likeness (QED) is 0.691. The summed E-state index contributed by atoms with van der Waals surface area (Å²) in [5.41, 5.74) is -3.00. The van der Waals surface area contributed by atoms with E-state index in [2.05, 4.69) is 0 Å². The highest BCUT2D eigenvalue weighted by atomic mass is 19.4. The molecule has 0 unspecified atom stereocenters. The molecular weight excluding hydrogens is 395 g/mol. The third-order valence-corrected chi connectivity index (χ3v) is 5.11. The fraction of sp³-hybridized carbons (Fsp3) is 0.400. The Morgan fingerprint density at radius 3 is 2.28 bits per heavy atom. The third-order valence-electron chi connectivity index (χ3n) is 5.11. The Kier molecular flexibility index (Phi) is 6.04. The number of carbonyl (C=O) groups is 1. The van der Waals surface area contributed by atoms with Crippen molar-refractivity contribution < 1.29 is 26.7 Å². The largest absolute Gasteiger partial charge is 0.421 e. The van der Waals surface area contributed by atoms with Crippen molar-refractivity contribution in [1.29, 1.82) is 0 Å². The number of hydrogen-bond acceptors (Lipinski definition) is 2. The van der Waals surface area contributed by atoms with E-state index in [4.69, 9.17) is 0 Å². The van der Waals surface area contributed by atoms with Gasteiger partial charge in [0.05, 0.1) is 6.54 Å². The van der Waals surface area contributed by atoms with Crippen molar-refractivity contribution in [1.82, 2.24) is 9.47 Å². The normalized spacial score (nSPS) is 14.9. The molecule has 0 bridgehead atoms. The van der Waals surface area contributed by atoms with Gasteiger partial charge in [-0.25, -0.2) is 8.78 Å². The van der Waals surface area contributed by atoms with E-state index in [0.717, 1.165) is 37.2 Å². The van der Waals surface area contributed by atoms with Crippen molar-refractivity contribution in [2.75, 3.05) is 0 Å². The van der Waals surface area contributed by atoms with Gasteiger partial charge in [0, 0.05) is 17.8 Å². The first-order valence-electron chi connectivity index (χ1n) is 9.17. The molecule has 0 atom stereocenters. The predicted octanol–water partition coefficient (Wildman–Crippen LogP) is 4.12. The van der Waals surface area contributed by atoms with Crippen LogP contribution >= 0.6 is 0 Å². The smallest absolute Gasteiger partial charge is 0.334 e. The number of aromatic nitrogens is 1. The van der Waals surface area contributed by atoms with Crippen molar-refractivity contribution in [2.45, 2.75) is 51.0 Å². The van der Waals surface area contributed by atoms with Gasteiger partial charge in [0.15, 0.2) is 0 Å². The molecule has 3 rings (SSSR count). The average Bonchev–Trinajstić information content (AvgIpc) is 3.16. The summed E-state index contributed by atoms with van der Waals surface area (Å²) in [5.74, 6) is -2.28. The summed E-state index contributed by atoms with van der Waals surface area (Å²) in [6.45, 7) is -0.995. The highest BCUT2D eigenvalue weighted by molar-refractivity contribution is 5.76. The minimum Gasteiger partial charge on any atom is -0.334 e. The SMILES string of the molecule is O=C(Cn1cccc(C(F)(F)F)c1=O)N(Cc1c(F)cccc1F)C1CCCC1. The van der Waals surface area contributed by atoms with Crippen molar-refractivity contribution in [3.63, 3.8) is 0 Å². The molecule has 29 heavy (non-hydrogen) atoms. The van der Waals surface area contributed by atoms with Crippen LogP contribution in [-0.4, -0.2) is 21.4 Å². The van der Waals surface area contributed by atoms with Crippen LogP contribution in [0.5, 0.6) is 0 Å². The summed E-state index contributed by atoms with van der Waals surface area (Å²) in [6.07, 6.45) is -0.843. The van der Waals surface area contributed by atoms with Crippen LogP contribution in [-0.2, 0) is 24.1 Å². The van der Waals surface area contributed by atoms with Gasteiger partial charge in [0.1, 0.15) is 23.7 Å². The first-order chi connectivity index (χ1) is 13.7. The van der Waals surface area contributed by atoms with Gasteiger partial charge in [-0.05, 0) is 37.1 Å². The lowest BCUT2D eigenvalue weighted by atomic mass is 10.1. The van der Waals surface area contributed by atoms with Gasteiger partial charge in [-0.2, -0.15) is 13.2 Å². The van der Waals surface area contributed by atoms with E-state index >= 15 is 0 Å². The van der Waals surface area contributed by atoms with Gasteiger partial charge in [-0.3, -0.25) is 9.59 Å². The summed E-state index contributed by atoms with van der Waals surface area (Å²) in [5, 5.41) is 0. The molecule has 0 aliphatic heterocycles. The highest BCUT2D eigenvalue weighted by Crippen LogP contribution is 2.28. The molecule has 9 heteroatoms. The number of carbonyl (C=O) groups excluding carboxylic acids is 1. The minimum absolute atomic E-state index is 0.288. The molecule has 1 fully saturated rings. The Morgan fingerprint density at radius 2 is 1.69 bits per heavy atom. The molecule has 2 aromatic rings. The van der Waals surface area contributed by atoms with Crippen LogP contribution in [0.1, 0.15) is 36.8 Å². The minimum atomic E-state index is -4.84. The molecular formula is C20H19F5N2O2. The third kappa shape index (κ3) is 4.65. The number of hydrogen-bond donors (Lipinski definition) is 0. The number of halogens is 5.